The molecule has 0 saturated heterocycles. The molecule has 0 unspecified atom stereocenters. The zero-order valence-corrected chi connectivity index (χ0v) is 13.3. The average Bonchev–Trinajstić information content (AvgIpc) is 3.23. The smallest absolute Gasteiger partial charge is 0.271 e. The summed E-state index contributed by atoms with van der Waals surface area (Å²) in [6.07, 6.45) is 7.12. The Bertz CT molecular complexity index is 768. The number of imide groups is 1. The summed E-state index contributed by atoms with van der Waals surface area (Å²) in [7, 11) is 0. The molecule has 4 rings (SSSR count). The molecule has 2 amide bonds. The number of nitro benzene ring substituents is 1. The standard InChI is InChI=1S/C18H18N2O4/c1-11-14-5-6-15(18(14)7-8-18)16(11)17(22)19(10-21)12-3-2-4-13(9-12)20(23)24/h2-6,9-11,14-16H,7-8H2,1H3/t11-,14-,15-,16-/m1/s1. The van der Waals surface area contributed by atoms with Gasteiger partial charge >= 0.3 is 0 Å². The van der Waals surface area contributed by atoms with Gasteiger partial charge in [-0.2, -0.15) is 0 Å². The van der Waals surface area contributed by atoms with Gasteiger partial charge < -0.3 is 0 Å². The van der Waals surface area contributed by atoms with Crippen LogP contribution in [0.4, 0.5) is 11.4 Å². The molecule has 2 fully saturated rings. The van der Waals surface area contributed by atoms with Crippen LogP contribution in [-0.2, 0) is 9.59 Å². The van der Waals surface area contributed by atoms with E-state index in [9.17, 15) is 19.7 Å². The minimum Gasteiger partial charge on any atom is -0.278 e. The number of anilines is 1. The zero-order chi connectivity index (χ0) is 17.1. The van der Waals surface area contributed by atoms with Crippen LogP contribution in [0.5, 0.6) is 0 Å². The second-order valence-electron chi connectivity index (χ2n) is 7.15. The van der Waals surface area contributed by atoms with Crippen molar-refractivity contribution >= 4 is 23.7 Å². The molecule has 1 spiro atoms. The van der Waals surface area contributed by atoms with Crippen molar-refractivity contribution in [2.75, 3.05) is 4.90 Å². The number of carbonyl (C=O) groups excluding carboxylic acids is 2. The number of hydrogen-bond donors (Lipinski definition) is 0. The van der Waals surface area contributed by atoms with Crippen molar-refractivity contribution in [3.05, 3.63) is 46.5 Å². The molecule has 0 radical (unpaired) electrons. The second kappa shape index (κ2) is 5.00. The van der Waals surface area contributed by atoms with E-state index in [0.29, 0.717) is 12.3 Å². The zero-order valence-electron chi connectivity index (χ0n) is 13.3. The molecule has 3 aliphatic rings. The number of nitro groups is 1. The van der Waals surface area contributed by atoms with E-state index in [-0.39, 0.29) is 40.5 Å². The summed E-state index contributed by atoms with van der Waals surface area (Å²) in [5, 5.41) is 10.9. The van der Waals surface area contributed by atoms with Crippen molar-refractivity contribution in [3.63, 3.8) is 0 Å². The first-order valence-corrected chi connectivity index (χ1v) is 8.21. The van der Waals surface area contributed by atoms with Gasteiger partial charge in [0, 0.05) is 18.1 Å². The van der Waals surface area contributed by atoms with Gasteiger partial charge in [-0.05, 0) is 42.1 Å². The van der Waals surface area contributed by atoms with E-state index in [1.165, 1.54) is 18.2 Å². The molecule has 124 valence electrons. The molecule has 24 heavy (non-hydrogen) atoms. The number of allylic oxidation sites excluding steroid dienone is 2. The molecule has 0 aromatic heterocycles. The van der Waals surface area contributed by atoms with Crippen molar-refractivity contribution in [2.45, 2.75) is 19.8 Å². The molecule has 6 heteroatoms. The predicted octanol–water partition coefficient (Wildman–Crippen LogP) is 2.93. The highest BCUT2D eigenvalue weighted by atomic mass is 16.6. The molecule has 1 aromatic carbocycles. The number of non-ortho nitro benzene ring substituents is 1. The summed E-state index contributed by atoms with van der Waals surface area (Å²) in [6, 6.07) is 5.66. The summed E-state index contributed by atoms with van der Waals surface area (Å²) in [5.74, 6) is 0.311. The van der Waals surface area contributed by atoms with Gasteiger partial charge in [0.2, 0.25) is 12.3 Å². The van der Waals surface area contributed by atoms with Crippen LogP contribution in [0.15, 0.2) is 36.4 Å². The highest BCUT2D eigenvalue weighted by Crippen LogP contribution is 2.72. The Hall–Kier alpha value is -2.50. The number of nitrogens with zero attached hydrogens (tertiary/aromatic N) is 2. The van der Waals surface area contributed by atoms with Gasteiger partial charge in [0.15, 0.2) is 0 Å². The summed E-state index contributed by atoms with van der Waals surface area (Å²) in [5.41, 5.74) is 0.358. The van der Waals surface area contributed by atoms with E-state index < -0.39 is 4.92 Å². The summed E-state index contributed by atoms with van der Waals surface area (Å²) < 4.78 is 0. The Kier molecular flexibility index (Phi) is 3.13. The third kappa shape index (κ3) is 1.89. The van der Waals surface area contributed by atoms with Gasteiger partial charge in [0.1, 0.15) is 0 Å². The summed E-state index contributed by atoms with van der Waals surface area (Å²) in [6.45, 7) is 2.08. The molecule has 6 nitrogen and oxygen atoms in total. The van der Waals surface area contributed by atoms with Gasteiger partial charge in [0.25, 0.3) is 5.69 Å². The van der Waals surface area contributed by atoms with E-state index >= 15 is 0 Å². The second-order valence-corrected chi connectivity index (χ2v) is 7.15. The van der Waals surface area contributed by atoms with Crippen molar-refractivity contribution in [2.24, 2.45) is 29.1 Å². The topological polar surface area (TPSA) is 80.5 Å². The number of benzene rings is 1. The lowest BCUT2D eigenvalue weighted by Crippen LogP contribution is -2.39. The van der Waals surface area contributed by atoms with Gasteiger partial charge in [-0.15, -0.1) is 0 Å². The average molecular weight is 326 g/mol. The fourth-order valence-electron chi connectivity index (χ4n) is 4.92. The predicted molar refractivity (Wildman–Crippen MR) is 87.1 cm³/mol. The van der Waals surface area contributed by atoms with Gasteiger partial charge in [-0.25, -0.2) is 0 Å². The van der Waals surface area contributed by atoms with Crippen LogP contribution >= 0.6 is 0 Å². The van der Waals surface area contributed by atoms with Crippen molar-refractivity contribution in [1.29, 1.82) is 0 Å². The maximum atomic E-state index is 13.1. The van der Waals surface area contributed by atoms with Crippen LogP contribution in [0.25, 0.3) is 0 Å². The van der Waals surface area contributed by atoms with Gasteiger partial charge in [0.05, 0.1) is 10.6 Å². The van der Waals surface area contributed by atoms with Crippen molar-refractivity contribution < 1.29 is 14.5 Å². The van der Waals surface area contributed by atoms with Crippen LogP contribution in [0, 0.1) is 39.2 Å². The lowest BCUT2D eigenvalue weighted by molar-refractivity contribution is -0.384. The minimum absolute atomic E-state index is 0.133. The minimum atomic E-state index is -0.529. The van der Waals surface area contributed by atoms with Crippen LogP contribution < -0.4 is 4.90 Å². The first-order chi connectivity index (χ1) is 11.5. The first-order valence-electron chi connectivity index (χ1n) is 8.21. The van der Waals surface area contributed by atoms with Crippen molar-refractivity contribution in [1.82, 2.24) is 0 Å². The number of rotatable bonds is 4. The fraction of sp³-hybridized carbons (Fsp3) is 0.444. The normalized spacial score (nSPS) is 31.2. The third-order valence-corrected chi connectivity index (χ3v) is 6.15. The van der Waals surface area contributed by atoms with Crippen LogP contribution in [0.2, 0.25) is 0 Å². The maximum Gasteiger partial charge on any atom is 0.271 e. The van der Waals surface area contributed by atoms with E-state index in [1.807, 2.05) is 0 Å². The van der Waals surface area contributed by atoms with E-state index in [1.54, 1.807) is 6.07 Å². The van der Waals surface area contributed by atoms with Crippen LogP contribution in [0.1, 0.15) is 19.8 Å². The highest BCUT2D eigenvalue weighted by Gasteiger charge is 2.67. The summed E-state index contributed by atoms with van der Waals surface area (Å²) >= 11 is 0. The molecule has 2 bridgehead atoms. The molecular weight excluding hydrogens is 308 g/mol. The van der Waals surface area contributed by atoms with Crippen molar-refractivity contribution in [3.8, 4) is 0 Å². The molecule has 0 N–H and O–H groups in total. The quantitative estimate of drug-likeness (QED) is 0.369. The molecule has 3 aliphatic carbocycles. The molecule has 4 atom stereocenters. The lowest BCUT2D eigenvalue weighted by atomic mass is 9.83. The first kappa shape index (κ1) is 15.1. The van der Waals surface area contributed by atoms with Crippen LogP contribution in [0.3, 0.4) is 0 Å². The Balaban J connectivity index is 1.66. The summed E-state index contributed by atoms with van der Waals surface area (Å²) in [4.78, 5) is 36.1. The Morgan fingerprint density at radius 2 is 2.04 bits per heavy atom. The monoisotopic (exact) mass is 326 g/mol. The van der Waals surface area contributed by atoms with Gasteiger partial charge in [-0.1, -0.05) is 25.1 Å². The third-order valence-electron chi connectivity index (χ3n) is 6.15. The Morgan fingerprint density at radius 3 is 2.62 bits per heavy atom. The van der Waals surface area contributed by atoms with Crippen LogP contribution in [-0.4, -0.2) is 17.2 Å². The lowest BCUT2D eigenvalue weighted by Gasteiger charge is -2.27. The number of carbonyl (C=O) groups is 2. The molecule has 0 heterocycles. The highest BCUT2D eigenvalue weighted by molar-refractivity contribution is 6.08. The van der Waals surface area contributed by atoms with E-state index in [4.69, 9.17) is 0 Å². The molecular formula is C18H18N2O4. The Morgan fingerprint density at radius 1 is 1.33 bits per heavy atom. The number of amides is 2. The SMILES string of the molecule is C[C@H]1[C@@H](C(=O)N(C=O)c2cccc([N+](=O)[O-])c2)[C@H]2C=C[C@H]1C21CC1. The molecule has 0 aliphatic heterocycles. The van der Waals surface area contributed by atoms with Gasteiger partial charge in [-0.3, -0.25) is 24.6 Å². The van der Waals surface area contributed by atoms with E-state index in [2.05, 4.69) is 19.1 Å². The van der Waals surface area contributed by atoms with E-state index in [0.717, 1.165) is 17.7 Å². The Labute approximate surface area is 139 Å². The largest absolute Gasteiger partial charge is 0.278 e. The maximum absolute atomic E-state index is 13.1. The molecule has 2 saturated carbocycles. The number of hydrogen-bond acceptors (Lipinski definition) is 4. The molecule has 1 aromatic rings. The fourth-order valence-corrected chi connectivity index (χ4v) is 4.92.